The molecule has 1 amide bonds. The van der Waals surface area contributed by atoms with Gasteiger partial charge in [-0.3, -0.25) is 4.79 Å². The number of ether oxygens (including phenoxy) is 1. The summed E-state index contributed by atoms with van der Waals surface area (Å²) in [5.41, 5.74) is 1.11. The molecule has 1 saturated heterocycles. The Labute approximate surface area is 160 Å². The Balaban J connectivity index is 1.75. The first-order valence-electron chi connectivity index (χ1n) is 8.98. The predicted molar refractivity (Wildman–Crippen MR) is 94.8 cm³/mol. The molecule has 28 heavy (non-hydrogen) atoms. The number of amides is 1. The van der Waals surface area contributed by atoms with Crippen LogP contribution in [0.2, 0.25) is 0 Å². The summed E-state index contributed by atoms with van der Waals surface area (Å²) >= 11 is 0. The van der Waals surface area contributed by atoms with Crippen molar-refractivity contribution in [3.63, 3.8) is 0 Å². The maximum Gasteiger partial charge on any atom is 0.573 e. The smallest absolute Gasteiger partial charge is 0.405 e. The first kappa shape index (κ1) is 20.1. The molecule has 0 unspecified atom stereocenters. The zero-order valence-corrected chi connectivity index (χ0v) is 15.7. The first-order chi connectivity index (χ1) is 13.3. The fraction of sp³-hybridized carbons (Fsp3) is 0.500. The molecule has 1 aliphatic heterocycles. The Bertz CT molecular complexity index is 831. The standard InChI is InChI=1S/C18H22F3N5O2/c1-12-16(23-24-26(12)14-7-9-22-10-8-14)17(27)25(2)11-13-5-3-4-6-15(13)28-18(19,20)21/h3-6,14,22H,7-11H2,1-2H3. The number of hydrogen-bond donors (Lipinski definition) is 1. The molecule has 0 saturated carbocycles. The van der Waals surface area contributed by atoms with Crippen LogP contribution in [0, 0.1) is 6.92 Å². The minimum atomic E-state index is -4.80. The van der Waals surface area contributed by atoms with Gasteiger partial charge in [-0.15, -0.1) is 18.3 Å². The monoisotopic (exact) mass is 397 g/mol. The maximum absolute atomic E-state index is 12.8. The molecule has 3 rings (SSSR count). The van der Waals surface area contributed by atoms with Crippen LogP contribution >= 0.6 is 0 Å². The van der Waals surface area contributed by atoms with E-state index in [1.165, 1.54) is 30.1 Å². The van der Waals surface area contributed by atoms with Crippen molar-refractivity contribution in [2.24, 2.45) is 0 Å². The van der Waals surface area contributed by atoms with Crippen molar-refractivity contribution in [2.45, 2.75) is 38.7 Å². The van der Waals surface area contributed by atoms with Crippen LogP contribution in [-0.2, 0) is 6.54 Å². The topological polar surface area (TPSA) is 72.3 Å². The van der Waals surface area contributed by atoms with E-state index in [0.717, 1.165) is 25.9 Å². The third-order valence-electron chi connectivity index (χ3n) is 4.74. The van der Waals surface area contributed by atoms with E-state index in [2.05, 4.69) is 20.4 Å². The molecule has 152 valence electrons. The molecule has 2 aromatic rings. The van der Waals surface area contributed by atoms with Crippen LogP contribution in [0.4, 0.5) is 13.2 Å². The summed E-state index contributed by atoms with van der Waals surface area (Å²) in [6.45, 7) is 3.49. The van der Waals surface area contributed by atoms with Gasteiger partial charge in [0.15, 0.2) is 5.69 Å². The van der Waals surface area contributed by atoms with Gasteiger partial charge < -0.3 is 15.0 Å². The number of carbonyl (C=O) groups excluding carboxylic acids is 1. The lowest BCUT2D eigenvalue weighted by atomic mass is 10.1. The first-order valence-corrected chi connectivity index (χ1v) is 8.98. The summed E-state index contributed by atoms with van der Waals surface area (Å²) in [4.78, 5) is 14.1. The Morgan fingerprint density at radius 1 is 1.32 bits per heavy atom. The normalized spacial score (nSPS) is 15.5. The number of rotatable bonds is 5. The van der Waals surface area contributed by atoms with E-state index in [-0.39, 0.29) is 29.6 Å². The van der Waals surface area contributed by atoms with Crippen LogP contribution in [0.25, 0.3) is 0 Å². The molecule has 1 N–H and O–H groups in total. The van der Waals surface area contributed by atoms with Crippen molar-refractivity contribution in [1.29, 1.82) is 0 Å². The van der Waals surface area contributed by atoms with Gasteiger partial charge in [-0.1, -0.05) is 23.4 Å². The molecule has 0 radical (unpaired) electrons. The molecule has 0 atom stereocenters. The molecular weight excluding hydrogens is 375 g/mol. The third kappa shape index (κ3) is 4.61. The van der Waals surface area contributed by atoms with Crippen molar-refractivity contribution >= 4 is 5.91 Å². The number of para-hydroxylation sites is 1. The van der Waals surface area contributed by atoms with E-state index in [4.69, 9.17) is 0 Å². The number of nitrogens with one attached hydrogen (secondary N) is 1. The average Bonchev–Trinajstić information content (AvgIpc) is 3.03. The number of benzene rings is 1. The maximum atomic E-state index is 12.8. The van der Waals surface area contributed by atoms with Crippen molar-refractivity contribution in [2.75, 3.05) is 20.1 Å². The van der Waals surface area contributed by atoms with E-state index in [0.29, 0.717) is 5.69 Å². The molecule has 7 nitrogen and oxygen atoms in total. The van der Waals surface area contributed by atoms with Crippen molar-refractivity contribution < 1.29 is 22.7 Å². The van der Waals surface area contributed by atoms with Gasteiger partial charge in [0.05, 0.1) is 11.7 Å². The zero-order chi connectivity index (χ0) is 20.3. The van der Waals surface area contributed by atoms with Gasteiger partial charge in [0, 0.05) is 19.2 Å². The molecule has 10 heteroatoms. The molecular formula is C18H22F3N5O2. The van der Waals surface area contributed by atoms with Crippen LogP contribution < -0.4 is 10.1 Å². The molecule has 1 fully saturated rings. The van der Waals surface area contributed by atoms with Crippen molar-refractivity contribution in [1.82, 2.24) is 25.2 Å². The van der Waals surface area contributed by atoms with Gasteiger partial charge in [-0.25, -0.2) is 4.68 Å². The Morgan fingerprint density at radius 2 is 2.00 bits per heavy atom. The number of halogens is 3. The van der Waals surface area contributed by atoms with Gasteiger partial charge in [0.2, 0.25) is 0 Å². The van der Waals surface area contributed by atoms with Gasteiger partial charge in [0.1, 0.15) is 5.75 Å². The molecule has 1 aromatic carbocycles. The highest BCUT2D eigenvalue weighted by Gasteiger charge is 2.32. The predicted octanol–water partition coefficient (Wildman–Crippen LogP) is 2.68. The summed E-state index contributed by atoms with van der Waals surface area (Å²) in [5.74, 6) is -0.732. The largest absolute Gasteiger partial charge is 0.573 e. The highest BCUT2D eigenvalue weighted by atomic mass is 19.4. The lowest BCUT2D eigenvalue weighted by molar-refractivity contribution is -0.275. The number of aromatic nitrogens is 3. The van der Waals surface area contributed by atoms with Crippen LogP contribution in [0.5, 0.6) is 5.75 Å². The van der Waals surface area contributed by atoms with Crippen LogP contribution in [0.3, 0.4) is 0 Å². The number of hydrogen-bond acceptors (Lipinski definition) is 5. The Hall–Kier alpha value is -2.62. The van der Waals surface area contributed by atoms with Crippen molar-refractivity contribution in [3.05, 3.63) is 41.2 Å². The lowest BCUT2D eigenvalue weighted by Gasteiger charge is -2.23. The summed E-state index contributed by atoms with van der Waals surface area (Å²) in [6, 6.07) is 5.93. The third-order valence-corrected chi connectivity index (χ3v) is 4.74. The number of alkyl halides is 3. The summed E-state index contributed by atoms with van der Waals surface area (Å²) in [7, 11) is 1.51. The summed E-state index contributed by atoms with van der Waals surface area (Å²) < 4.78 is 43.6. The van der Waals surface area contributed by atoms with E-state index in [9.17, 15) is 18.0 Å². The minimum Gasteiger partial charge on any atom is -0.405 e. The van der Waals surface area contributed by atoms with E-state index < -0.39 is 12.3 Å². The second kappa shape index (κ2) is 8.17. The fourth-order valence-corrected chi connectivity index (χ4v) is 3.30. The molecule has 1 aliphatic rings. The minimum absolute atomic E-state index is 0.0509. The highest BCUT2D eigenvalue weighted by molar-refractivity contribution is 5.93. The molecule has 1 aromatic heterocycles. The fourth-order valence-electron chi connectivity index (χ4n) is 3.30. The summed E-state index contributed by atoms with van der Waals surface area (Å²) in [5, 5.41) is 11.4. The number of nitrogens with zero attached hydrogens (tertiary/aromatic N) is 4. The van der Waals surface area contributed by atoms with Crippen LogP contribution in [-0.4, -0.2) is 52.3 Å². The lowest BCUT2D eigenvalue weighted by Crippen LogP contribution is -2.31. The van der Waals surface area contributed by atoms with E-state index in [1.807, 2.05) is 0 Å². The molecule has 0 bridgehead atoms. The molecule has 2 heterocycles. The van der Waals surface area contributed by atoms with Crippen LogP contribution in [0.15, 0.2) is 24.3 Å². The van der Waals surface area contributed by atoms with Gasteiger partial charge in [-0.2, -0.15) is 0 Å². The Morgan fingerprint density at radius 3 is 2.68 bits per heavy atom. The van der Waals surface area contributed by atoms with Crippen molar-refractivity contribution in [3.8, 4) is 5.75 Å². The quantitative estimate of drug-likeness (QED) is 0.840. The second-order valence-electron chi connectivity index (χ2n) is 6.77. The summed E-state index contributed by atoms with van der Waals surface area (Å²) in [6.07, 6.45) is -3.00. The second-order valence-corrected chi connectivity index (χ2v) is 6.77. The molecule has 0 spiro atoms. The zero-order valence-electron chi connectivity index (χ0n) is 15.7. The van der Waals surface area contributed by atoms with E-state index >= 15 is 0 Å². The van der Waals surface area contributed by atoms with Gasteiger partial charge in [-0.05, 0) is 38.9 Å². The number of piperidine rings is 1. The SMILES string of the molecule is Cc1c(C(=O)N(C)Cc2ccccc2OC(F)(F)F)nnn1C1CCNCC1. The van der Waals surface area contributed by atoms with Crippen LogP contribution in [0.1, 0.15) is 40.6 Å². The van der Waals surface area contributed by atoms with Gasteiger partial charge >= 0.3 is 6.36 Å². The average molecular weight is 397 g/mol. The highest BCUT2D eigenvalue weighted by Crippen LogP contribution is 2.27. The Kier molecular flexibility index (Phi) is 5.87. The molecule has 0 aliphatic carbocycles. The van der Waals surface area contributed by atoms with E-state index in [1.54, 1.807) is 17.7 Å². The number of carbonyl (C=O) groups is 1. The van der Waals surface area contributed by atoms with Gasteiger partial charge in [0.25, 0.3) is 5.91 Å².